The lowest BCUT2D eigenvalue weighted by Crippen LogP contribution is -2.72. The van der Waals surface area contributed by atoms with Crippen molar-refractivity contribution in [3.8, 4) is 78.4 Å². The standard InChI is InChI=1S/C64H42N2OSi/c1-5-17-43(18-6-1)49-37-50(47-34-36-61-57(40-47)54-25-13-15-27-60(54)67-61)39-51(38-49)59-42-58(65-64(66-59)46-19-7-2-8-20-46)45-31-29-44(30-32-45)48-33-35-56-55-26-14-16-28-62(55)68(63(56)41-48,52-21-9-3-10-22-52)53-23-11-4-12-24-53/h1-42H. The van der Waals surface area contributed by atoms with Crippen LogP contribution in [0.2, 0.25) is 0 Å². The van der Waals surface area contributed by atoms with Gasteiger partial charge in [0, 0.05) is 27.5 Å². The van der Waals surface area contributed by atoms with Crippen molar-refractivity contribution in [3.05, 3.63) is 255 Å². The Kier molecular flexibility index (Phi) is 9.51. The fourth-order valence-corrected chi connectivity index (χ4v) is 15.8. The van der Waals surface area contributed by atoms with Gasteiger partial charge in [-0.25, -0.2) is 9.97 Å². The van der Waals surface area contributed by atoms with Gasteiger partial charge in [-0.1, -0.05) is 212 Å². The monoisotopic (exact) mass is 882 g/mol. The Morgan fingerprint density at radius 3 is 1.49 bits per heavy atom. The molecule has 3 nitrogen and oxygen atoms in total. The van der Waals surface area contributed by atoms with Crippen LogP contribution in [-0.2, 0) is 0 Å². The van der Waals surface area contributed by atoms with Crippen molar-refractivity contribution in [1.82, 2.24) is 9.97 Å². The average molecular weight is 883 g/mol. The van der Waals surface area contributed by atoms with Crippen molar-refractivity contribution in [2.24, 2.45) is 0 Å². The molecule has 0 spiro atoms. The molecule has 12 aromatic rings. The summed E-state index contributed by atoms with van der Waals surface area (Å²) in [7, 11) is -2.62. The summed E-state index contributed by atoms with van der Waals surface area (Å²) in [5, 5.41) is 7.88. The summed E-state index contributed by atoms with van der Waals surface area (Å²) in [5.41, 5.74) is 16.0. The van der Waals surface area contributed by atoms with Crippen LogP contribution >= 0.6 is 0 Å². The molecule has 2 aromatic heterocycles. The molecule has 4 heteroatoms. The van der Waals surface area contributed by atoms with Gasteiger partial charge < -0.3 is 4.42 Å². The average Bonchev–Trinajstić information content (AvgIpc) is 3.95. The number of fused-ring (bicyclic) bond motifs is 6. The number of aromatic nitrogens is 2. The number of para-hydroxylation sites is 1. The molecule has 0 bridgehead atoms. The van der Waals surface area contributed by atoms with Gasteiger partial charge in [-0.2, -0.15) is 0 Å². The predicted octanol–water partition coefficient (Wildman–Crippen LogP) is 13.7. The number of benzene rings is 10. The van der Waals surface area contributed by atoms with Crippen molar-refractivity contribution < 1.29 is 4.42 Å². The quantitative estimate of drug-likeness (QED) is 0.143. The molecular weight excluding hydrogens is 841 g/mol. The summed E-state index contributed by atoms with van der Waals surface area (Å²) >= 11 is 0. The predicted molar refractivity (Wildman–Crippen MR) is 285 cm³/mol. The molecule has 0 fully saturated rings. The Bertz CT molecular complexity index is 3790. The zero-order valence-corrected chi connectivity index (χ0v) is 38.1. The van der Waals surface area contributed by atoms with Crippen LogP contribution in [0.25, 0.3) is 100 Å². The Labute approximate surface area is 396 Å². The summed E-state index contributed by atoms with van der Waals surface area (Å²) in [5.74, 6) is 0.682. The molecule has 1 aliphatic heterocycles. The summed E-state index contributed by atoms with van der Waals surface area (Å²) in [6, 6.07) is 92.1. The molecule has 0 atom stereocenters. The fraction of sp³-hybridized carbons (Fsp3) is 0. The second kappa shape index (κ2) is 16.3. The van der Waals surface area contributed by atoms with Gasteiger partial charge in [-0.15, -0.1) is 0 Å². The zero-order chi connectivity index (χ0) is 45.0. The first-order chi connectivity index (χ1) is 33.7. The Balaban J connectivity index is 0.935. The van der Waals surface area contributed by atoms with Crippen LogP contribution in [-0.4, -0.2) is 18.0 Å². The molecule has 3 heterocycles. The summed E-state index contributed by atoms with van der Waals surface area (Å²) < 4.78 is 6.23. The first-order valence-electron chi connectivity index (χ1n) is 23.2. The van der Waals surface area contributed by atoms with Crippen LogP contribution in [0.15, 0.2) is 259 Å². The van der Waals surface area contributed by atoms with Crippen LogP contribution < -0.4 is 20.7 Å². The highest BCUT2D eigenvalue weighted by molar-refractivity contribution is 7.22. The van der Waals surface area contributed by atoms with E-state index in [9.17, 15) is 0 Å². The molecule has 0 aliphatic carbocycles. The van der Waals surface area contributed by atoms with E-state index in [1.807, 2.05) is 30.3 Å². The maximum Gasteiger partial charge on any atom is 0.180 e. The number of furan rings is 1. The molecule has 0 radical (unpaired) electrons. The molecule has 0 saturated heterocycles. The lowest BCUT2D eigenvalue weighted by atomic mass is 9.93. The number of hydrogen-bond acceptors (Lipinski definition) is 3. The molecule has 68 heavy (non-hydrogen) atoms. The van der Waals surface area contributed by atoms with Gasteiger partial charge in [-0.05, 0) is 108 Å². The van der Waals surface area contributed by atoms with Crippen molar-refractivity contribution in [3.63, 3.8) is 0 Å². The number of hydrogen-bond donors (Lipinski definition) is 0. The van der Waals surface area contributed by atoms with Crippen LogP contribution in [0, 0.1) is 0 Å². The number of nitrogens with zero attached hydrogens (tertiary/aromatic N) is 2. The summed E-state index contributed by atoms with van der Waals surface area (Å²) in [6.45, 7) is 0. The smallest absolute Gasteiger partial charge is 0.180 e. The molecule has 10 aromatic carbocycles. The van der Waals surface area contributed by atoms with E-state index in [0.717, 1.165) is 77.8 Å². The minimum Gasteiger partial charge on any atom is -0.456 e. The Morgan fingerprint density at radius 2 is 0.765 bits per heavy atom. The van der Waals surface area contributed by atoms with Crippen molar-refractivity contribution in [2.75, 3.05) is 0 Å². The van der Waals surface area contributed by atoms with E-state index >= 15 is 0 Å². The van der Waals surface area contributed by atoms with Crippen LogP contribution in [0.5, 0.6) is 0 Å². The van der Waals surface area contributed by atoms with Gasteiger partial charge in [0.1, 0.15) is 11.2 Å². The van der Waals surface area contributed by atoms with Crippen molar-refractivity contribution >= 4 is 50.8 Å². The first-order valence-corrected chi connectivity index (χ1v) is 25.2. The molecule has 0 saturated carbocycles. The molecule has 0 N–H and O–H groups in total. The topological polar surface area (TPSA) is 38.9 Å². The SMILES string of the molecule is c1ccc(-c2cc(-c3ccc4oc5ccccc5c4c3)cc(-c3cc(-c4ccc(-c5ccc6c(c5)[Si](c5ccccc5)(c5ccccc5)c5ccccc5-6)cc4)nc(-c4ccccc4)n3)c2)cc1. The van der Waals surface area contributed by atoms with Gasteiger partial charge in [0.05, 0.1) is 11.4 Å². The minimum atomic E-state index is -2.62. The summed E-state index contributed by atoms with van der Waals surface area (Å²) in [6.07, 6.45) is 0. The van der Waals surface area contributed by atoms with E-state index in [1.54, 1.807) is 0 Å². The van der Waals surface area contributed by atoms with Crippen LogP contribution in [0.1, 0.15) is 0 Å². The van der Waals surface area contributed by atoms with Crippen molar-refractivity contribution in [1.29, 1.82) is 0 Å². The van der Waals surface area contributed by atoms with Gasteiger partial charge in [-0.3, -0.25) is 0 Å². The maximum atomic E-state index is 6.23. The van der Waals surface area contributed by atoms with Crippen molar-refractivity contribution in [2.45, 2.75) is 0 Å². The third kappa shape index (κ3) is 6.65. The van der Waals surface area contributed by atoms with Gasteiger partial charge in [0.2, 0.25) is 0 Å². The molecule has 0 amide bonds. The van der Waals surface area contributed by atoms with E-state index in [2.05, 4.69) is 224 Å². The fourth-order valence-electron chi connectivity index (χ4n) is 10.6. The van der Waals surface area contributed by atoms with E-state index < -0.39 is 8.07 Å². The molecule has 13 rings (SSSR count). The highest BCUT2D eigenvalue weighted by Crippen LogP contribution is 2.38. The van der Waals surface area contributed by atoms with Crippen LogP contribution in [0.3, 0.4) is 0 Å². The summed E-state index contributed by atoms with van der Waals surface area (Å²) in [4.78, 5) is 10.6. The van der Waals surface area contributed by atoms with Gasteiger partial charge in [0.25, 0.3) is 0 Å². The third-order valence-electron chi connectivity index (χ3n) is 13.8. The highest BCUT2D eigenvalue weighted by Gasteiger charge is 2.48. The van der Waals surface area contributed by atoms with Crippen LogP contribution in [0.4, 0.5) is 0 Å². The largest absolute Gasteiger partial charge is 0.456 e. The van der Waals surface area contributed by atoms with Gasteiger partial charge in [0.15, 0.2) is 13.9 Å². The van der Waals surface area contributed by atoms with E-state index in [1.165, 1.54) is 37.4 Å². The second-order valence-electron chi connectivity index (χ2n) is 17.7. The lowest BCUT2D eigenvalue weighted by molar-refractivity contribution is 0.669. The van der Waals surface area contributed by atoms with E-state index in [4.69, 9.17) is 14.4 Å². The molecule has 1 aliphatic rings. The molecular formula is C64H42N2OSi. The maximum absolute atomic E-state index is 6.23. The van der Waals surface area contributed by atoms with Gasteiger partial charge >= 0.3 is 0 Å². The first kappa shape index (κ1) is 39.6. The van der Waals surface area contributed by atoms with E-state index in [0.29, 0.717) is 5.82 Å². The molecule has 0 unspecified atom stereocenters. The Hall–Kier alpha value is -8.70. The highest BCUT2D eigenvalue weighted by atomic mass is 28.3. The van der Waals surface area contributed by atoms with E-state index in [-0.39, 0.29) is 0 Å². The molecule has 318 valence electrons. The number of rotatable bonds is 8. The zero-order valence-electron chi connectivity index (χ0n) is 37.1. The third-order valence-corrected chi connectivity index (χ3v) is 18.6. The minimum absolute atomic E-state index is 0.682. The normalized spacial score (nSPS) is 12.5. The second-order valence-corrected chi connectivity index (χ2v) is 21.4. The lowest BCUT2D eigenvalue weighted by Gasteiger charge is -2.31. The Morgan fingerprint density at radius 1 is 0.279 bits per heavy atom.